The Kier molecular flexibility index (Phi) is 18.1. The van der Waals surface area contributed by atoms with Gasteiger partial charge in [-0.1, -0.05) is 0 Å². The SMILES string of the molecule is CCC[CH2][Sn]([CH]=[CH][Cu+])([CH2]CCC)[CH2]CCC.[C-]#N. The second kappa shape index (κ2) is 15.6. The molecule has 0 aliphatic rings. The summed E-state index contributed by atoms with van der Waals surface area (Å²) in [6, 6.07) is 0. The Balaban J connectivity index is 0. The standard InChI is InChI=1S/3C4H9.C2H2.CN.Cu.Sn/c3*1-3-4-2;2*1-2;;/h3*1,3-4H2,2H3;1-2H;;;/q;;;;-1;+1;. The van der Waals surface area contributed by atoms with Crippen LogP contribution in [-0.4, -0.2) is 18.4 Å². The number of rotatable bonds is 10. The van der Waals surface area contributed by atoms with E-state index in [-0.39, 0.29) is 0 Å². The van der Waals surface area contributed by atoms with E-state index >= 15 is 0 Å². The summed E-state index contributed by atoms with van der Waals surface area (Å²) < 4.78 is 7.13. The van der Waals surface area contributed by atoms with Crippen molar-refractivity contribution in [3.63, 3.8) is 0 Å². The van der Waals surface area contributed by atoms with Crippen LogP contribution in [-0.2, 0) is 16.0 Å². The summed E-state index contributed by atoms with van der Waals surface area (Å²) in [5, 5.41) is 6.25. The van der Waals surface area contributed by atoms with Gasteiger partial charge in [0.2, 0.25) is 0 Å². The van der Waals surface area contributed by atoms with Crippen LogP contribution in [0, 0.1) is 11.8 Å². The quantitative estimate of drug-likeness (QED) is 0.346. The summed E-state index contributed by atoms with van der Waals surface area (Å²) in [7, 11) is 0. The van der Waals surface area contributed by atoms with Gasteiger partial charge in [0.25, 0.3) is 0 Å². The zero-order chi connectivity index (χ0) is 14.3. The van der Waals surface area contributed by atoms with Crippen LogP contribution >= 0.6 is 0 Å². The van der Waals surface area contributed by atoms with Gasteiger partial charge in [0.05, 0.1) is 0 Å². The summed E-state index contributed by atoms with van der Waals surface area (Å²) in [4.78, 5) is 1.93. The van der Waals surface area contributed by atoms with Gasteiger partial charge in [0.15, 0.2) is 0 Å². The normalized spacial score (nSPS) is 11.3. The van der Waals surface area contributed by atoms with E-state index in [0.717, 1.165) is 0 Å². The van der Waals surface area contributed by atoms with Gasteiger partial charge in [-0.3, -0.25) is 0 Å². The monoisotopic (exact) mass is 406 g/mol. The molecule has 0 saturated heterocycles. The van der Waals surface area contributed by atoms with Crippen molar-refractivity contribution in [2.45, 2.75) is 72.6 Å². The second-order valence-corrected chi connectivity index (χ2v) is 18.3. The Bertz CT molecular complexity index is 192. The van der Waals surface area contributed by atoms with E-state index in [1.165, 1.54) is 51.8 Å². The number of hydrogen-bond donors (Lipinski definition) is 0. The van der Waals surface area contributed by atoms with E-state index < -0.39 is 18.4 Å². The molecule has 109 valence electrons. The Labute approximate surface area is 127 Å². The fourth-order valence-electron chi connectivity index (χ4n) is 2.32. The Morgan fingerprint density at radius 2 is 1.22 bits per heavy atom. The van der Waals surface area contributed by atoms with Crippen molar-refractivity contribution in [3.05, 3.63) is 15.6 Å². The molecule has 0 aromatic carbocycles. The van der Waals surface area contributed by atoms with Gasteiger partial charge in [0, 0.05) is 0 Å². The number of hydrogen-bond acceptors (Lipinski definition) is 1. The molecule has 3 heteroatoms. The van der Waals surface area contributed by atoms with Crippen LogP contribution in [0.2, 0.25) is 13.3 Å². The summed E-state index contributed by atoms with van der Waals surface area (Å²) in [6.45, 7) is 11.7. The topological polar surface area (TPSA) is 23.8 Å². The molecule has 0 heterocycles. The maximum Gasteiger partial charge on any atom is -0.488 e. The zero-order valence-electron chi connectivity index (χ0n) is 12.3. The average Bonchev–Trinajstić information content (AvgIpc) is 2.43. The molecular weight excluding hydrogens is 376 g/mol. The molecule has 0 aliphatic carbocycles. The van der Waals surface area contributed by atoms with Crippen LogP contribution in [0.4, 0.5) is 0 Å². The molecule has 0 spiro atoms. The largest absolute Gasteiger partial charge is 0.512 e. The molecule has 0 unspecified atom stereocenters. The van der Waals surface area contributed by atoms with Crippen LogP contribution < -0.4 is 0 Å². The molecule has 0 aliphatic heterocycles. The summed E-state index contributed by atoms with van der Waals surface area (Å²) >= 11 is 3.32. The minimum Gasteiger partial charge on any atom is -0.512 e. The zero-order valence-corrected chi connectivity index (χ0v) is 16.1. The molecule has 0 saturated carbocycles. The Hall–Kier alpha value is 0.548. The molecule has 1 nitrogen and oxygen atoms in total. The molecule has 0 rings (SSSR count). The first-order valence-corrected chi connectivity index (χ1v) is 15.4. The molecule has 0 N–H and O–H groups in total. The van der Waals surface area contributed by atoms with Gasteiger partial charge >= 0.3 is 116 Å². The van der Waals surface area contributed by atoms with E-state index in [2.05, 4.69) is 24.9 Å². The minimum absolute atomic E-state index is 1.35. The van der Waals surface area contributed by atoms with E-state index in [1.54, 1.807) is 0 Å². The first-order chi connectivity index (χ1) is 8.74. The first-order valence-electron chi connectivity index (χ1n) is 7.20. The van der Waals surface area contributed by atoms with Crippen LogP contribution in [0.3, 0.4) is 0 Å². The van der Waals surface area contributed by atoms with Crippen LogP contribution in [0.15, 0.2) is 9.07 Å². The fourth-order valence-corrected chi connectivity index (χ4v) is 17.8. The molecule has 18 heavy (non-hydrogen) atoms. The summed E-state index contributed by atoms with van der Waals surface area (Å²) in [6.07, 6.45) is 8.34. The molecule has 0 aromatic heterocycles. The third kappa shape index (κ3) is 10.5. The van der Waals surface area contributed by atoms with E-state index in [1.807, 2.05) is 4.97 Å². The average molecular weight is 406 g/mol. The number of nitrogens with zero attached hydrogens (tertiary/aromatic N) is 1. The van der Waals surface area contributed by atoms with Crippen LogP contribution in [0.1, 0.15) is 59.3 Å². The second-order valence-electron chi connectivity index (χ2n) is 4.94. The van der Waals surface area contributed by atoms with Crippen molar-refractivity contribution < 1.29 is 16.0 Å². The molecule has 0 bridgehead atoms. The Morgan fingerprint density at radius 1 is 0.889 bits per heavy atom. The van der Waals surface area contributed by atoms with Gasteiger partial charge in [-0.25, -0.2) is 0 Å². The fraction of sp³-hybridized carbons (Fsp3) is 0.800. The van der Waals surface area contributed by atoms with Crippen LogP contribution in [0.25, 0.3) is 0 Å². The number of unbranched alkanes of at least 4 members (excludes halogenated alkanes) is 3. The van der Waals surface area contributed by atoms with Crippen molar-refractivity contribution in [1.29, 1.82) is 5.26 Å². The molecule has 0 aromatic rings. The molecular formula is C15H29CuNSn. The van der Waals surface area contributed by atoms with Crippen molar-refractivity contribution in [2.24, 2.45) is 0 Å². The first kappa shape index (κ1) is 20.9. The maximum absolute atomic E-state index is 6.25. The summed E-state index contributed by atoms with van der Waals surface area (Å²) in [5.41, 5.74) is 0. The van der Waals surface area contributed by atoms with Crippen molar-refractivity contribution in [3.8, 4) is 0 Å². The van der Waals surface area contributed by atoms with E-state index in [9.17, 15) is 0 Å². The molecule has 0 radical (unpaired) electrons. The van der Waals surface area contributed by atoms with Gasteiger partial charge in [0.1, 0.15) is 0 Å². The van der Waals surface area contributed by atoms with E-state index in [0.29, 0.717) is 0 Å². The van der Waals surface area contributed by atoms with Crippen molar-refractivity contribution in [2.75, 3.05) is 0 Å². The molecule has 0 fully saturated rings. The van der Waals surface area contributed by atoms with Crippen LogP contribution in [0.5, 0.6) is 0 Å². The Morgan fingerprint density at radius 3 is 1.44 bits per heavy atom. The third-order valence-electron chi connectivity index (χ3n) is 3.49. The predicted octanol–water partition coefficient (Wildman–Crippen LogP) is 5.53. The smallest absolute Gasteiger partial charge is 0.488 e. The van der Waals surface area contributed by atoms with Crippen molar-refractivity contribution >= 4 is 18.4 Å². The third-order valence-corrected chi connectivity index (χ3v) is 18.4. The van der Waals surface area contributed by atoms with Gasteiger partial charge in [-0.2, -0.15) is 0 Å². The maximum atomic E-state index is 6.25. The minimum atomic E-state index is -1.95. The van der Waals surface area contributed by atoms with Gasteiger partial charge in [-0.05, 0) is 0 Å². The van der Waals surface area contributed by atoms with Gasteiger partial charge in [-0.15, -0.1) is 0 Å². The summed E-state index contributed by atoms with van der Waals surface area (Å²) in [5.74, 6) is 0. The van der Waals surface area contributed by atoms with Crippen molar-refractivity contribution in [1.82, 2.24) is 0 Å². The predicted molar refractivity (Wildman–Crippen MR) is 79.0 cm³/mol. The van der Waals surface area contributed by atoms with E-state index in [4.69, 9.17) is 27.8 Å². The molecule has 0 amide bonds. The van der Waals surface area contributed by atoms with Gasteiger partial charge < -0.3 is 11.8 Å². The molecule has 0 atom stereocenters.